The van der Waals surface area contributed by atoms with Crippen LogP contribution in [0.15, 0.2) is 65.5 Å². The molecule has 2 heterocycles. The van der Waals surface area contributed by atoms with E-state index in [1.165, 1.54) is 0 Å². The standard InChI is InChI=1S/C17H12N4O/c22-17-13-14(11-7-3-1-4-8-11)20-21-16(13)18-15(19-17)12-9-5-2-6-10-12/h1-10H,(H2,18,19,20,21,22). The summed E-state index contributed by atoms with van der Waals surface area (Å²) in [4.78, 5) is 19.8. The quantitative estimate of drug-likeness (QED) is 0.595. The van der Waals surface area contributed by atoms with E-state index in [1.807, 2.05) is 60.7 Å². The first kappa shape index (κ1) is 12.5. The summed E-state index contributed by atoms with van der Waals surface area (Å²) in [7, 11) is 0. The number of fused-ring (bicyclic) bond motifs is 1. The van der Waals surface area contributed by atoms with Crippen molar-refractivity contribution >= 4 is 11.0 Å². The molecule has 0 aliphatic carbocycles. The third-order valence-corrected chi connectivity index (χ3v) is 3.53. The third kappa shape index (κ3) is 2.00. The van der Waals surface area contributed by atoms with Gasteiger partial charge in [-0.15, -0.1) is 0 Å². The lowest BCUT2D eigenvalue weighted by atomic mass is 10.1. The lowest BCUT2D eigenvalue weighted by Gasteiger charge is -2.01. The summed E-state index contributed by atoms with van der Waals surface area (Å²) in [5.74, 6) is 0.518. The van der Waals surface area contributed by atoms with E-state index in [1.54, 1.807) is 0 Å². The number of hydrogen-bond donors (Lipinski definition) is 2. The lowest BCUT2D eigenvalue weighted by Crippen LogP contribution is -2.09. The van der Waals surface area contributed by atoms with Crippen molar-refractivity contribution in [1.82, 2.24) is 20.2 Å². The Bertz CT molecular complexity index is 988. The van der Waals surface area contributed by atoms with Crippen LogP contribution < -0.4 is 5.56 Å². The second kappa shape index (κ2) is 4.96. The minimum absolute atomic E-state index is 0.198. The second-order valence-corrected chi connectivity index (χ2v) is 4.94. The van der Waals surface area contributed by atoms with Gasteiger partial charge in [-0.25, -0.2) is 4.98 Å². The van der Waals surface area contributed by atoms with Crippen LogP contribution >= 0.6 is 0 Å². The summed E-state index contributed by atoms with van der Waals surface area (Å²) in [5.41, 5.74) is 2.66. The van der Waals surface area contributed by atoms with E-state index >= 15 is 0 Å². The number of benzene rings is 2. The number of aromatic amines is 2. The van der Waals surface area contributed by atoms with Crippen molar-refractivity contribution in [2.24, 2.45) is 0 Å². The SMILES string of the molecule is O=c1[nH]c(-c2ccccc2)nc2n[nH]c(-c3ccccc3)c12. The number of hydrogen-bond acceptors (Lipinski definition) is 3. The largest absolute Gasteiger partial charge is 0.306 e. The van der Waals surface area contributed by atoms with Crippen LogP contribution in [-0.2, 0) is 0 Å². The first-order valence-corrected chi connectivity index (χ1v) is 6.92. The highest BCUT2D eigenvalue weighted by Gasteiger charge is 2.14. The lowest BCUT2D eigenvalue weighted by molar-refractivity contribution is 1.09. The molecule has 4 rings (SSSR count). The molecule has 5 heteroatoms. The molecule has 0 aliphatic heterocycles. The summed E-state index contributed by atoms with van der Waals surface area (Å²) < 4.78 is 0. The van der Waals surface area contributed by atoms with Gasteiger partial charge in [0.15, 0.2) is 5.65 Å². The maximum Gasteiger partial charge on any atom is 0.262 e. The first-order chi connectivity index (χ1) is 10.8. The molecule has 2 aromatic carbocycles. The Labute approximate surface area is 125 Å². The van der Waals surface area contributed by atoms with Crippen molar-refractivity contribution in [2.45, 2.75) is 0 Å². The topological polar surface area (TPSA) is 74.4 Å². The molecule has 0 radical (unpaired) electrons. The van der Waals surface area contributed by atoms with E-state index in [9.17, 15) is 4.79 Å². The average Bonchev–Trinajstić information content (AvgIpc) is 3.01. The Morgan fingerprint density at radius 3 is 2.14 bits per heavy atom. The fourth-order valence-corrected chi connectivity index (χ4v) is 2.48. The highest BCUT2D eigenvalue weighted by molar-refractivity contribution is 5.90. The molecule has 4 aromatic rings. The maximum atomic E-state index is 12.5. The smallest absolute Gasteiger partial charge is 0.262 e. The fourth-order valence-electron chi connectivity index (χ4n) is 2.48. The Kier molecular flexibility index (Phi) is 2.83. The third-order valence-electron chi connectivity index (χ3n) is 3.53. The average molecular weight is 288 g/mol. The van der Waals surface area contributed by atoms with Gasteiger partial charge in [-0.05, 0) is 0 Å². The molecule has 0 atom stereocenters. The van der Waals surface area contributed by atoms with Crippen LogP contribution in [0.4, 0.5) is 0 Å². The highest BCUT2D eigenvalue weighted by atomic mass is 16.1. The summed E-state index contributed by atoms with van der Waals surface area (Å²) in [5, 5.41) is 7.58. The fraction of sp³-hybridized carbons (Fsp3) is 0. The van der Waals surface area contributed by atoms with Crippen molar-refractivity contribution in [3.05, 3.63) is 71.0 Å². The molecule has 0 bridgehead atoms. The van der Waals surface area contributed by atoms with Crippen LogP contribution in [0, 0.1) is 0 Å². The molecular formula is C17H12N4O. The van der Waals surface area contributed by atoms with Gasteiger partial charge < -0.3 is 4.98 Å². The van der Waals surface area contributed by atoms with E-state index in [4.69, 9.17) is 0 Å². The molecule has 22 heavy (non-hydrogen) atoms. The Morgan fingerprint density at radius 1 is 0.818 bits per heavy atom. The van der Waals surface area contributed by atoms with Gasteiger partial charge in [0.05, 0.1) is 5.69 Å². The zero-order valence-corrected chi connectivity index (χ0v) is 11.6. The molecule has 2 N–H and O–H groups in total. The molecule has 0 saturated carbocycles. The number of aromatic nitrogens is 4. The van der Waals surface area contributed by atoms with Crippen molar-refractivity contribution < 1.29 is 0 Å². The van der Waals surface area contributed by atoms with Gasteiger partial charge >= 0.3 is 0 Å². The summed E-state index contributed by atoms with van der Waals surface area (Å²) in [6.45, 7) is 0. The Hall–Kier alpha value is -3.21. The van der Waals surface area contributed by atoms with Crippen molar-refractivity contribution in [3.63, 3.8) is 0 Å². The zero-order chi connectivity index (χ0) is 14.9. The van der Waals surface area contributed by atoms with Crippen LogP contribution in [0.25, 0.3) is 33.7 Å². The number of nitrogens with zero attached hydrogens (tertiary/aromatic N) is 2. The van der Waals surface area contributed by atoms with E-state index < -0.39 is 0 Å². The van der Waals surface area contributed by atoms with Crippen LogP contribution in [0.2, 0.25) is 0 Å². The van der Waals surface area contributed by atoms with Crippen molar-refractivity contribution in [3.8, 4) is 22.6 Å². The molecule has 0 fully saturated rings. The van der Waals surface area contributed by atoms with Gasteiger partial charge in [-0.1, -0.05) is 60.7 Å². The molecule has 5 nitrogen and oxygen atoms in total. The van der Waals surface area contributed by atoms with Crippen LogP contribution in [0.5, 0.6) is 0 Å². The molecule has 0 spiro atoms. The van der Waals surface area contributed by atoms with Crippen molar-refractivity contribution in [1.29, 1.82) is 0 Å². The molecule has 106 valence electrons. The Morgan fingerprint density at radius 2 is 1.45 bits per heavy atom. The molecule has 2 aromatic heterocycles. The van der Waals surface area contributed by atoms with Crippen molar-refractivity contribution in [2.75, 3.05) is 0 Å². The molecule has 0 unspecified atom stereocenters. The van der Waals surface area contributed by atoms with Crippen LogP contribution in [0.3, 0.4) is 0 Å². The molecule has 0 aliphatic rings. The van der Waals surface area contributed by atoms with Crippen LogP contribution in [-0.4, -0.2) is 20.2 Å². The summed E-state index contributed by atoms with van der Waals surface area (Å²) in [6.07, 6.45) is 0. The van der Waals surface area contributed by atoms with Gasteiger partial charge in [-0.3, -0.25) is 9.89 Å². The molecule has 0 amide bonds. The van der Waals surface area contributed by atoms with Gasteiger partial charge in [-0.2, -0.15) is 5.10 Å². The summed E-state index contributed by atoms with van der Waals surface area (Å²) in [6, 6.07) is 19.1. The molecule has 0 saturated heterocycles. The minimum atomic E-state index is -0.198. The number of nitrogens with one attached hydrogen (secondary N) is 2. The predicted octanol–water partition coefficient (Wildman–Crippen LogP) is 2.98. The first-order valence-electron chi connectivity index (χ1n) is 6.92. The number of H-pyrrole nitrogens is 2. The van der Waals surface area contributed by atoms with Gasteiger partial charge in [0.1, 0.15) is 11.2 Å². The van der Waals surface area contributed by atoms with Gasteiger partial charge in [0, 0.05) is 11.1 Å². The van der Waals surface area contributed by atoms with E-state index in [0.29, 0.717) is 22.6 Å². The maximum absolute atomic E-state index is 12.5. The zero-order valence-electron chi connectivity index (χ0n) is 11.6. The van der Waals surface area contributed by atoms with E-state index in [2.05, 4.69) is 20.2 Å². The molecular weight excluding hydrogens is 276 g/mol. The van der Waals surface area contributed by atoms with Gasteiger partial charge in [0.25, 0.3) is 5.56 Å². The minimum Gasteiger partial charge on any atom is -0.306 e. The normalized spacial score (nSPS) is 10.9. The van der Waals surface area contributed by atoms with Gasteiger partial charge in [0.2, 0.25) is 0 Å². The Balaban J connectivity index is 1.94. The van der Waals surface area contributed by atoms with E-state index in [0.717, 1.165) is 11.1 Å². The monoisotopic (exact) mass is 288 g/mol. The second-order valence-electron chi connectivity index (χ2n) is 4.94. The van der Waals surface area contributed by atoms with E-state index in [-0.39, 0.29) is 5.56 Å². The number of rotatable bonds is 2. The predicted molar refractivity (Wildman–Crippen MR) is 85.4 cm³/mol. The van der Waals surface area contributed by atoms with Crippen LogP contribution in [0.1, 0.15) is 0 Å². The highest BCUT2D eigenvalue weighted by Crippen LogP contribution is 2.23. The summed E-state index contributed by atoms with van der Waals surface area (Å²) >= 11 is 0.